The molecule has 3 rings (SSSR count). The third-order valence-corrected chi connectivity index (χ3v) is 5.34. The number of rotatable bonds is 3. The van der Waals surface area contributed by atoms with E-state index in [0.29, 0.717) is 6.54 Å². The van der Waals surface area contributed by atoms with Crippen LogP contribution in [0.25, 0.3) is 0 Å². The molecule has 1 aliphatic heterocycles. The van der Waals surface area contributed by atoms with Crippen molar-refractivity contribution < 1.29 is 9.59 Å². The number of fused-ring (bicyclic) bond motifs is 1. The molecule has 4 heteroatoms. The summed E-state index contributed by atoms with van der Waals surface area (Å²) in [5.74, 6) is 0.310. The standard InChI is InChI=1S/C11H14BrNO2/c12-5-11(2-1-3-11)6-13-9(14)7-4-8(7)10(13)15/h7-8H,1-6H2. The first kappa shape index (κ1) is 9.82. The van der Waals surface area contributed by atoms with Gasteiger partial charge in [0.1, 0.15) is 0 Å². The lowest BCUT2D eigenvalue weighted by molar-refractivity contribution is -0.144. The minimum Gasteiger partial charge on any atom is -0.282 e. The summed E-state index contributed by atoms with van der Waals surface area (Å²) in [5, 5.41) is 0.909. The van der Waals surface area contributed by atoms with Gasteiger partial charge in [-0.2, -0.15) is 0 Å². The summed E-state index contributed by atoms with van der Waals surface area (Å²) in [6.45, 7) is 0.656. The molecule has 0 aromatic carbocycles. The topological polar surface area (TPSA) is 37.4 Å². The molecule has 0 aromatic rings. The quantitative estimate of drug-likeness (QED) is 0.577. The van der Waals surface area contributed by atoms with Crippen LogP contribution in [0.2, 0.25) is 0 Å². The fraction of sp³-hybridized carbons (Fsp3) is 0.818. The highest BCUT2D eigenvalue weighted by Gasteiger charge is 2.60. The van der Waals surface area contributed by atoms with Crippen LogP contribution in [0, 0.1) is 17.3 Å². The molecular weight excluding hydrogens is 258 g/mol. The molecule has 2 unspecified atom stereocenters. The zero-order valence-electron chi connectivity index (χ0n) is 8.54. The average Bonchev–Trinajstić information content (AvgIpc) is 2.90. The Bertz CT molecular complexity index is 312. The predicted octanol–water partition coefficient (Wildman–Crippen LogP) is 1.56. The van der Waals surface area contributed by atoms with Crippen LogP contribution < -0.4 is 0 Å². The Hall–Kier alpha value is -0.380. The second-order valence-corrected chi connectivity index (χ2v) is 5.76. The summed E-state index contributed by atoms with van der Waals surface area (Å²) in [5.41, 5.74) is 0.197. The van der Waals surface area contributed by atoms with Gasteiger partial charge in [0.2, 0.25) is 11.8 Å². The van der Waals surface area contributed by atoms with Crippen molar-refractivity contribution in [2.24, 2.45) is 17.3 Å². The van der Waals surface area contributed by atoms with Gasteiger partial charge in [-0.25, -0.2) is 0 Å². The molecule has 3 aliphatic rings. The van der Waals surface area contributed by atoms with Crippen molar-refractivity contribution in [3.05, 3.63) is 0 Å². The number of halogens is 1. The summed E-state index contributed by atoms with van der Waals surface area (Å²) >= 11 is 3.51. The van der Waals surface area contributed by atoms with Gasteiger partial charge in [0, 0.05) is 11.9 Å². The molecule has 0 radical (unpaired) electrons. The second kappa shape index (κ2) is 3.06. The minimum atomic E-state index is 0.0601. The van der Waals surface area contributed by atoms with Crippen LogP contribution >= 0.6 is 15.9 Å². The van der Waals surface area contributed by atoms with Crippen LogP contribution in [0.5, 0.6) is 0 Å². The number of nitrogens with zero attached hydrogens (tertiary/aromatic N) is 1. The molecule has 2 amide bonds. The molecule has 1 heterocycles. The minimum absolute atomic E-state index is 0.0601. The maximum Gasteiger partial charge on any atom is 0.233 e. The monoisotopic (exact) mass is 271 g/mol. The fourth-order valence-electron chi connectivity index (χ4n) is 2.75. The van der Waals surface area contributed by atoms with Gasteiger partial charge in [-0.05, 0) is 24.7 Å². The van der Waals surface area contributed by atoms with Crippen molar-refractivity contribution >= 4 is 27.7 Å². The van der Waals surface area contributed by atoms with E-state index in [9.17, 15) is 9.59 Å². The number of hydrogen-bond acceptors (Lipinski definition) is 2. The van der Waals surface area contributed by atoms with E-state index >= 15 is 0 Å². The Kier molecular flexibility index (Phi) is 2.00. The molecular formula is C11H14BrNO2. The zero-order chi connectivity index (χ0) is 10.6. The number of hydrogen-bond donors (Lipinski definition) is 0. The highest BCUT2D eigenvalue weighted by molar-refractivity contribution is 9.09. The Balaban J connectivity index is 1.73. The molecule has 2 atom stereocenters. The van der Waals surface area contributed by atoms with Gasteiger partial charge in [-0.15, -0.1) is 0 Å². The number of amides is 2. The van der Waals surface area contributed by atoms with E-state index in [0.717, 1.165) is 24.6 Å². The van der Waals surface area contributed by atoms with E-state index in [1.165, 1.54) is 11.3 Å². The summed E-state index contributed by atoms with van der Waals surface area (Å²) < 4.78 is 0. The van der Waals surface area contributed by atoms with E-state index in [1.54, 1.807) is 0 Å². The molecule has 1 saturated heterocycles. The largest absolute Gasteiger partial charge is 0.282 e. The SMILES string of the molecule is O=C1C2CC2C(=O)N1CC1(CBr)CCC1. The average molecular weight is 272 g/mol. The van der Waals surface area contributed by atoms with Gasteiger partial charge in [0.05, 0.1) is 11.8 Å². The lowest BCUT2D eigenvalue weighted by Crippen LogP contribution is -2.46. The van der Waals surface area contributed by atoms with Crippen LogP contribution in [0.1, 0.15) is 25.7 Å². The number of carbonyl (C=O) groups excluding carboxylic acids is 2. The van der Waals surface area contributed by atoms with Crippen LogP contribution in [0.3, 0.4) is 0 Å². The van der Waals surface area contributed by atoms with E-state index in [1.807, 2.05) is 0 Å². The predicted molar refractivity (Wildman–Crippen MR) is 58.4 cm³/mol. The van der Waals surface area contributed by atoms with Gasteiger partial charge < -0.3 is 0 Å². The highest BCUT2D eigenvalue weighted by Crippen LogP contribution is 2.50. The smallest absolute Gasteiger partial charge is 0.233 e. The van der Waals surface area contributed by atoms with E-state index < -0.39 is 0 Å². The Morgan fingerprint density at radius 3 is 2.27 bits per heavy atom. The Morgan fingerprint density at radius 1 is 1.27 bits per heavy atom. The van der Waals surface area contributed by atoms with Crippen molar-refractivity contribution in [1.29, 1.82) is 0 Å². The van der Waals surface area contributed by atoms with Gasteiger partial charge in [0.25, 0.3) is 0 Å². The van der Waals surface area contributed by atoms with Crippen molar-refractivity contribution in [3.8, 4) is 0 Å². The first-order valence-electron chi connectivity index (χ1n) is 5.58. The third-order valence-electron chi connectivity index (χ3n) is 4.15. The number of alkyl halides is 1. The molecule has 2 saturated carbocycles. The molecule has 0 bridgehead atoms. The maximum absolute atomic E-state index is 11.8. The number of carbonyl (C=O) groups is 2. The van der Waals surface area contributed by atoms with Crippen LogP contribution in [0.4, 0.5) is 0 Å². The fourth-order valence-corrected chi connectivity index (χ4v) is 3.49. The van der Waals surface area contributed by atoms with Crippen molar-refractivity contribution in [2.75, 3.05) is 11.9 Å². The summed E-state index contributed by atoms with van der Waals surface area (Å²) in [4.78, 5) is 25.1. The van der Waals surface area contributed by atoms with E-state index in [-0.39, 0.29) is 29.1 Å². The van der Waals surface area contributed by atoms with Crippen molar-refractivity contribution in [3.63, 3.8) is 0 Å². The van der Waals surface area contributed by atoms with Gasteiger partial charge in [-0.3, -0.25) is 14.5 Å². The molecule has 2 aliphatic carbocycles. The van der Waals surface area contributed by atoms with E-state index in [2.05, 4.69) is 15.9 Å². The Morgan fingerprint density at radius 2 is 1.87 bits per heavy atom. The van der Waals surface area contributed by atoms with Gasteiger partial charge in [0.15, 0.2) is 0 Å². The van der Waals surface area contributed by atoms with Crippen LogP contribution in [-0.4, -0.2) is 28.6 Å². The van der Waals surface area contributed by atoms with E-state index in [4.69, 9.17) is 0 Å². The maximum atomic E-state index is 11.8. The molecule has 0 aromatic heterocycles. The third kappa shape index (κ3) is 1.30. The second-order valence-electron chi connectivity index (χ2n) is 5.20. The lowest BCUT2D eigenvalue weighted by Gasteiger charge is -2.42. The summed E-state index contributed by atoms with van der Waals surface area (Å²) in [6, 6.07) is 0. The first-order valence-corrected chi connectivity index (χ1v) is 6.70. The van der Waals surface area contributed by atoms with Gasteiger partial charge in [-0.1, -0.05) is 22.4 Å². The van der Waals surface area contributed by atoms with Crippen LogP contribution in [0.15, 0.2) is 0 Å². The molecule has 15 heavy (non-hydrogen) atoms. The van der Waals surface area contributed by atoms with Gasteiger partial charge >= 0.3 is 0 Å². The number of likely N-dealkylation sites (tertiary alicyclic amines) is 1. The molecule has 3 nitrogen and oxygen atoms in total. The number of piperidine rings is 1. The first-order chi connectivity index (χ1) is 7.17. The zero-order valence-corrected chi connectivity index (χ0v) is 10.1. The van der Waals surface area contributed by atoms with Crippen molar-refractivity contribution in [1.82, 2.24) is 4.90 Å². The molecule has 3 fully saturated rings. The number of imide groups is 1. The highest BCUT2D eigenvalue weighted by atomic mass is 79.9. The normalized spacial score (nSPS) is 36.5. The molecule has 0 spiro atoms. The van der Waals surface area contributed by atoms with Crippen molar-refractivity contribution in [2.45, 2.75) is 25.7 Å². The lowest BCUT2D eigenvalue weighted by atomic mass is 9.70. The molecule has 82 valence electrons. The van der Waals surface area contributed by atoms with Crippen LogP contribution in [-0.2, 0) is 9.59 Å². The Labute approximate surface area is 97.3 Å². The summed E-state index contributed by atoms with van der Waals surface area (Å²) in [6.07, 6.45) is 4.33. The summed E-state index contributed by atoms with van der Waals surface area (Å²) in [7, 11) is 0. The molecule has 0 N–H and O–H groups in total.